The van der Waals surface area contributed by atoms with Gasteiger partial charge in [0.2, 0.25) is 0 Å². The summed E-state index contributed by atoms with van der Waals surface area (Å²) in [6.45, 7) is 8.32. The Bertz CT molecular complexity index is 154. The smallest absolute Gasteiger partial charge is 0.372 e. The van der Waals surface area contributed by atoms with Crippen molar-refractivity contribution in [1.29, 1.82) is 0 Å². The third-order valence-electron chi connectivity index (χ3n) is 0.673. The number of esters is 1. The van der Waals surface area contributed by atoms with Crippen LogP contribution >= 0.6 is 11.6 Å². The summed E-state index contributed by atoms with van der Waals surface area (Å²) < 4.78 is 4.46. The Morgan fingerprint density at radius 2 is 2.17 bits per heavy atom. The third kappa shape index (κ3) is 11.8. The lowest BCUT2D eigenvalue weighted by molar-refractivity contribution is -0.141. The molecule has 70 valence electrons. The monoisotopic (exact) mass is 192 g/mol. The van der Waals surface area contributed by atoms with E-state index in [4.69, 9.17) is 16.7 Å². The average Bonchev–Trinajstić information content (AvgIpc) is 2.01. The predicted molar refractivity (Wildman–Crippen MR) is 49.1 cm³/mol. The van der Waals surface area contributed by atoms with E-state index in [0.717, 1.165) is 6.42 Å². The van der Waals surface area contributed by atoms with Gasteiger partial charge < -0.3 is 9.84 Å². The van der Waals surface area contributed by atoms with Crippen LogP contribution < -0.4 is 0 Å². The second-order valence-electron chi connectivity index (χ2n) is 1.74. The van der Waals surface area contributed by atoms with Gasteiger partial charge in [-0.1, -0.05) is 25.1 Å². The molecule has 0 aromatic heterocycles. The first-order valence-corrected chi connectivity index (χ1v) is 3.79. The number of aliphatic hydroxyl groups excluding tert-OH is 1. The molecule has 4 heteroatoms. The van der Waals surface area contributed by atoms with Crippen LogP contribution in [0.1, 0.15) is 13.3 Å². The van der Waals surface area contributed by atoms with E-state index in [1.54, 1.807) is 0 Å². The van der Waals surface area contributed by atoms with Gasteiger partial charge in [0.05, 0.1) is 6.61 Å². The van der Waals surface area contributed by atoms with Crippen LogP contribution in [0, 0.1) is 0 Å². The number of halogens is 1. The molecule has 0 aliphatic rings. The number of carbonyl (C=O) groups is 1. The highest BCUT2D eigenvalue weighted by atomic mass is 35.5. The highest BCUT2D eigenvalue weighted by Gasteiger charge is 2.02. The second kappa shape index (κ2) is 10.0. The van der Waals surface area contributed by atoms with Gasteiger partial charge in [-0.25, -0.2) is 4.79 Å². The minimum absolute atomic E-state index is 0.332. The maximum atomic E-state index is 10.3. The summed E-state index contributed by atoms with van der Waals surface area (Å²) >= 11 is 4.76. The molecule has 0 aromatic carbocycles. The fraction of sp³-hybridized carbons (Fsp3) is 0.375. The summed E-state index contributed by atoms with van der Waals surface area (Å²) in [6, 6.07) is 0. The molecule has 0 amide bonds. The molecule has 0 saturated heterocycles. The van der Waals surface area contributed by atoms with Crippen molar-refractivity contribution in [2.24, 2.45) is 0 Å². The molecule has 1 N–H and O–H groups in total. The lowest BCUT2D eigenvalue weighted by atomic mass is 10.5. The molecule has 0 heterocycles. The zero-order chi connectivity index (χ0) is 9.98. The Kier molecular flexibility index (Phi) is 11.4. The van der Waals surface area contributed by atoms with E-state index in [0.29, 0.717) is 6.61 Å². The zero-order valence-corrected chi connectivity index (χ0v) is 7.80. The molecule has 0 aromatic rings. The topological polar surface area (TPSA) is 46.5 Å². The molecular formula is C8H13ClO3. The normalized spacial score (nSPS) is 7.50. The Balaban J connectivity index is 0. The number of aliphatic hydroxyl groups is 1. The maximum absolute atomic E-state index is 10.3. The lowest BCUT2D eigenvalue weighted by Gasteiger charge is -1.98. The first kappa shape index (κ1) is 13.6. The SMILES string of the molecule is C=C(O)C(=O)OCCC.C=CCl. The van der Waals surface area contributed by atoms with Crippen molar-refractivity contribution in [3.05, 3.63) is 24.5 Å². The number of rotatable bonds is 3. The molecule has 0 rings (SSSR count). The van der Waals surface area contributed by atoms with Crippen molar-refractivity contribution in [2.75, 3.05) is 6.61 Å². The van der Waals surface area contributed by atoms with Gasteiger partial charge >= 0.3 is 5.97 Å². The van der Waals surface area contributed by atoms with Gasteiger partial charge in [0, 0.05) is 0 Å². The number of hydrogen-bond acceptors (Lipinski definition) is 3. The standard InChI is InChI=1S/C6H10O3.C2H3Cl/c1-3-4-9-6(8)5(2)7;1-2-3/h7H,2-4H2,1H3;2H,1H2. The molecule has 12 heavy (non-hydrogen) atoms. The van der Waals surface area contributed by atoms with E-state index >= 15 is 0 Å². The molecule has 0 spiro atoms. The maximum Gasteiger partial charge on any atom is 0.372 e. The van der Waals surface area contributed by atoms with Crippen molar-refractivity contribution in [3.63, 3.8) is 0 Å². The molecule has 0 radical (unpaired) electrons. The summed E-state index contributed by atoms with van der Waals surface area (Å²) in [6.07, 6.45) is 0.749. The molecule has 0 aliphatic heterocycles. The summed E-state index contributed by atoms with van der Waals surface area (Å²) in [5.74, 6) is -1.28. The average molecular weight is 193 g/mol. The summed E-state index contributed by atoms with van der Waals surface area (Å²) in [4.78, 5) is 10.3. The minimum Gasteiger partial charge on any atom is -0.502 e. The van der Waals surface area contributed by atoms with Gasteiger partial charge in [-0.15, -0.1) is 0 Å². The van der Waals surface area contributed by atoms with Crippen LogP contribution in [0.5, 0.6) is 0 Å². The largest absolute Gasteiger partial charge is 0.502 e. The number of hydrogen-bond donors (Lipinski definition) is 1. The van der Waals surface area contributed by atoms with Gasteiger partial charge in [0.15, 0.2) is 5.76 Å². The van der Waals surface area contributed by atoms with Crippen molar-refractivity contribution in [2.45, 2.75) is 13.3 Å². The molecule has 0 unspecified atom stereocenters. The Morgan fingerprint density at radius 1 is 1.75 bits per heavy atom. The van der Waals surface area contributed by atoms with Crippen LogP contribution in [0.3, 0.4) is 0 Å². The molecule has 0 atom stereocenters. The van der Waals surface area contributed by atoms with Gasteiger partial charge in [0.25, 0.3) is 0 Å². The van der Waals surface area contributed by atoms with E-state index in [1.807, 2.05) is 6.92 Å². The van der Waals surface area contributed by atoms with Crippen LogP contribution in [0.2, 0.25) is 0 Å². The van der Waals surface area contributed by atoms with Gasteiger partial charge in [-0.3, -0.25) is 0 Å². The van der Waals surface area contributed by atoms with E-state index < -0.39 is 11.7 Å². The fourth-order valence-electron chi connectivity index (χ4n) is 0.278. The van der Waals surface area contributed by atoms with E-state index in [2.05, 4.69) is 17.9 Å². The zero-order valence-electron chi connectivity index (χ0n) is 7.05. The van der Waals surface area contributed by atoms with Crippen molar-refractivity contribution in [1.82, 2.24) is 0 Å². The molecule has 0 aliphatic carbocycles. The highest BCUT2D eigenvalue weighted by Crippen LogP contribution is 1.88. The molecule has 3 nitrogen and oxygen atoms in total. The Hall–Kier alpha value is -0.960. The summed E-state index contributed by atoms with van der Waals surface area (Å²) in [7, 11) is 0. The first-order valence-electron chi connectivity index (χ1n) is 3.36. The Labute approximate surface area is 77.3 Å². The van der Waals surface area contributed by atoms with E-state index in [1.165, 1.54) is 5.54 Å². The number of ether oxygens (including phenoxy) is 1. The van der Waals surface area contributed by atoms with Gasteiger partial charge in [-0.05, 0) is 18.5 Å². The van der Waals surface area contributed by atoms with Crippen LogP contribution in [-0.2, 0) is 9.53 Å². The van der Waals surface area contributed by atoms with Crippen LogP contribution in [-0.4, -0.2) is 17.7 Å². The molecule has 0 fully saturated rings. The fourth-order valence-corrected chi connectivity index (χ4v) is 0.278. The van der Waals surface area contributed by atoms with Crippen LogP contribution in [0.15, 0.2) is 24.5 Å². The summed E-state index contributed by atoms with van der Waals surface area (Å²) in [5, 5.41) is 8.38. The molecule has 0 bridgehead atoms. The first-order chi connectivity index (χ1) is 5.59. The van der Waals surface area contributed by atoms with Crippen LogP contribution in [0.25, 0.3) is 0 Å². The Morgan fingerprint density at radius 3 is 2.42 bits per heavy atom. The second-order valence-corrected chi connectivity index (χ2v) is 2.05. The quantitative estimate of drug-likeness (QED) is 0.424. The van der Waals surface area contributed by atoms with Crippen LogP contribution in [0.4, 0.5) is 0 Å². The molecule has 0 saturated carbocycles. The third-order valence-corrected chi connectivity index (χ3v) is 0.673. The number of carbonyl (C=O) groups excluding carboxylic acids is 1. The van der Waals surface area contributed by atoms with Gasteiger partial charge in [0.1, 0.15) is 0 Å². The van der Waals surface area contributed by atoms with Crippen molar-refractivity contribution < 1.29 is 14.6 Å². The van der Waals surface area contributed by atoms with Crippen molar-refractivity contribution in [3.8, 4) is 0 Å². The van der Waals surface area contributed by atoms with E-state index in [9.17, 15) is 4.79 Å². The predicted octanol–water partition coefficient (Wildman–Crippen LogP) is 2.38. The lowest BCUT2D eigenvalue weighted by Crippen LogP contribution is -2.06. The molecular weight excluding hydrogens is 180 g/mol. The van der Waals surface area contributed by atoms with Gasteiger partial charge in [-0.2, -0.15) is 0 Å². The summed E-state index contributed by atoms with van der Waals surface area (Å²) in [5.41, 5.74) is 1.22. The van der Waals surface area contributed by atoms with E-state index in [-0.39, 0.29) is 0 Å². The minimum atomic E-state index is -0.739. The highest BCUT2D eigenvalue weighted by molar-refractivity contribution is 6.25. The van der Waals surface area contributed by atoms with Crippen molar-refractivity contribution >= 4 is 17.6 Å².